The summed E-state index contributed by atoms with van der Waals surface area (Å²) in [5.41, 5.74) is 15.1. The van der Waals surface area contributed by atoms with Gasteiger partial charge in [0.1, 0.15) is 5.75 Å². The molecule has 0 aromatic heterocycles. The summed E-state index contributed by atoms with van der Waals surface area (Å²) in [7, 11) is 0. The third-order valence-corrected chi connectivity index (χ3v) is 7.24. The third kappa shape index (κ3) is 4.79. The average Bonchev–Trinajstić information content (AvgIpc) is 2.78. The number of hydrogen-bond donors (Lipinski definition) is 1. The second-order valence-electron chi connectivity index (χ2n) is 10.9. The first kappa shape index (κ1) is 23.8. The van der Waals surface area contributed by atoms with Gasteiger partial charge in [-0.05, 0) is 107 Å². The van der Waals surface area contributed by atoms with Crippen LogP contribution in [0.2, 0.25) is 0 Å². The number of fused-ring (bicyclic) bond motifs is 1. The largest absolute Gasteiger partial charge is 0.423 e. The molecule has 1 aliphatic carbocycles. The maximum absolute atomic E-state index is 12.5. The van der Waals surface area contributed by atoms with E-state index in [-0.39, 0.29) is 16.8 Å². The predicted octanol–water partition coefficient (Wildman–Crippen LogP) is 7.71. The van der Waals surface area contributed by atoms with Gasteiger partial charge in [-0.2, -0.15) is 0 Å². The number of ether oxygens (including phenoxy) is 1. The molecule has 2 N–H and O–H groups in total. The van der Waals surface area contributed by atoms with Crippen LogP contribution in [-0.2, 0) is 10.8 Å². The van der Waals surface area contributed by atoms with Crippen molar-refractivity contribution in [2.24, 2.45) is 0 Å². The quantitative estimate of drug-likeness (QED) is 0.190. The van der Waals surface area contributed by atoms with E-state index in [1.807, 2.05) is 24.3 Å². The molecule has 0 radical (unpaired) electrons. The zero-order valence-corrected chi connectivity index (χ0v) is 21.2. The summed E-state index contributed by atoms with van der Waals surface area (Å²) in [5, 5.41) is 0. The summed E-state index contributed by atoms with van der Waals surface area (Å²) in [5.74, 6) is 0.0976. The molecule has 1 aliphatic rings. The molecule has 0 amide bonds. The fourth-order valence-electron chi connectivity index (χ4n) is 4.89. The Morgan fingerprint density at radius 2 is 1.44 bits per heavy atom. The normalized spacial score (nSPS) is 16.6. The van der Waals surface area contributed by atoms with E-state index in [0.29, 0.717) is 17.0 Å². The van der Waals surface area contributed by atoms with E-state index in [1.54, 1.807) is 24.3 Å². The number of rotatable bonds is 4. The maximum Gasteiger partial charge on any atom is 0.343 e. The highest BCUT2D eigenvalue weighted by atomic mass is 16.5. The van der Waals surface area contributed by atoms with Crippen LogP contribution < -0.4 is 10.5 Å². The van der Waals surface area contributed by atoms with Crippen molar-refractivity contribution in [3.63, 3.8) is 0 Å². The molecule has 34 heavy (non-hydrogen) atoms. The Bertz CT molecular complexity index is 1250. The molecule has 0 spiro atoms. The molecule has 3 heteroatoms. The summed E-state index contributed by atoms with van der Waals surface area (Å²) in [6.07, 6.45) is 4.60. The number of esters is 1. The minimum Gasteiger partial charge on any atom is -0.423 e. The molecular formula is C31H35NO2. The van der Waals surface area contributed by atoms with E-state index >= 15 is 0 Å². The van der Waals surface area contributed by atoms with E-state index in [4.69, 9.17) is 10.5 Å². The van der Waals surface area contributed by atoms with Gasteiger partial charge in [-0.25, -0.2) is 4.79 Å². The lowest BCUT2D eigenvalue weighted by Gasteiger charge is -2.42. The Kier molecular flexibility index (Phi) is 6.16. The summed E-state index contributed by atoms with van der Waals surface area (Å²) in [6, 6.07) is 19.2. The molecule has 0 heterocycles. The summed E-state index contributed by atoms with van der Waals surface area (Å²) in [6.45, 7) is 13.8. The number of carbonyl (C=O) groups excluding carboxylic acids is 1. The zero-order chi connectivity index (χ0) is 24.7. The Labute approximate surface area is 203 Å². The van der Waals surface area contributed by atoms with Crippen LogP contribution in [0.4, 0.5) is 5.69 Å². The molecule has 176 valence electrons. The van der Waals surface area contributed by atoms with E-state index in [2.05, 4.69) is 59.8 Å². The molecule has 3 nitrogen and oxygen atoms in total. The zero-order valence-electron chi connectivity index (χ0n) is 21.2. The van der Waals surface area contributed by atoms with E-state index in [1.165, 1.54) is 40.7 Å². The van der Waals surface area contributed by atoms with Crippen LogP contribution in [0.15, 0.2) is 60.7 Å². The van der Waals surface area contributed by atoms with Crippen molar-refractivity contribution in [2.45, 2.75) is 65.2 Å². The van der Waals surface area contributed by atoms with Crippen LogP contribution in [0.25, 0.3) is 11.6 Å². The van der Waals surface area contributed by atoms with Gasteiger partial charge in [-0.1, -0.05) is 58.0 Å². The van der Waals surface area contributed by atoms with Gasteiger partial charge in [0.15, 0.2) is 0 Å². The summed E-state index contributed by atoms with van der Waals surface area (Å²) < 4.78 is 5.44. The van der Waals surface area contributed by atoms with Crippen molar-refractivity contribution in [1.29, 1.82) is 0 Å². The summed E-state index contributed by atoms with van der Waals surface area (Å²) >= 11 is 0. The Hall–Kier alpha value is -3.33. The summed E-state index contributed by atoms with van der Waals surface area (Å²) in [4.78, 5) is 12.5. The topological polar surface area (TPSA) is 52.3 Å². The molecule has 0 atom stereocenters. The van der Waals surface area contributed by atoms with Gasteiger partial charge in [0, 0.05) is 5.69 Å². The first-order chi connectivity index (χ1) is 16.0. The maximum atomic E-state index is 12.5. The Balaban J connectivity index is 1.58. The molecule has 0 aliphatic heterocycles. The SMILES string of the molecule is CC(=Cc1ccc(C(=O)Oc2ccc(N)cc2)cc1)c1cc2c(cc1C)C(C)(C)CCC2(C)C. The lowest BCUT2D eigenvalue weighted by atomic mass is 9.62. The van der Waals surface area contributed by atoms with Crippen molar-refractivity contribution in [2.75, 3.05) is 5.73 Å². The van der Waals surface area contributed by atoms with Gasteiger partial charge in [0.25, 0.3) is 0 Å². The van der Waals surface area contributed by atoms with E-state index < -0.39 is 0 Å². The van der Waals surface area contributed by atoms with Crippen LogP contribution in [-0.4, -0.2) is 5.97 Å². The van der Waals surface area contributed by atoms with Crippen molar-refractivity contribution >= 4 is 23.3 Å². The van der Waals surface area contributed by atoms with Crippen LogP contribution in [0.5, 0.6) is 5.75 Å². The van der Waals surface area contributed by atoms with E-state index in [9.17, 15) is 4.79 Å². The first-order valence-corrected chi connectivity index (χ1v) is 12.0. The van der Waals surface area contributed by atoms with Crippen LogP contribution in [0.1, 0.15) is 85.6 Å². The van der Waals surface area contributed by atoms with Crippen LogP contribution in [0, 0.1) is 6.92 Å². The van der Waals surface area contributed by atoms with Crippen molar-refractivity contribution in [1.82, 2.24) is 0 Å². The molecule has 3 aromatic rings. The Morgan fingerprint density at radius 1 is 0.882 bits per heavy atom. The number of nitrogens with two attached hydrogens (primary N) is 1. The van der Waals surface area contributed by atoms with Crippen molar-refractivity contribution in [3.05, 3.63) is 94.0 Å². The number of nitrogen functional groups attached to an aromatic ring is 1. The van der Waals surface area contributed by atoms with Gasteiger partial charge in [0.05, 0.1) is 5.56 Å². The molecular weight excluding hydrogens is 418 g/mol. The lowest BCUT2D eigenvalue weighted by molar-refractivity contribution is 0.0735. The highest BCUT2D eigenvalue weighted by molar-refractivity contribution is 5.91. The first-order valence-electron chi connectivity index (χ1n) is 12.0. The molecule has 0 bridgehead atoms. The second-order valence-corrected chi connectivity index (χ2v) is 10.9. The highest BCUT2D eigenvalue weighted by Crippen LogP contribution is 2.47. The highest BCUT2D eigenvalue weighted by Gasteiger charge is 2.37. The van der Waals surface area contributed by atoms with E-state index in [0.717, 1.165) is 5.56 Å². The third-order valence-electron chi connectivity index (χ3n) is 7.24. The second kappa shape index (κ2) is 8.79. The Morgan fingerprint density at radius 3 is 2.03 bits per heavy atom. The number of benzene rings is 3. The van der Waals surface area contributed by atoms with Crippen molar-refractivity contribution in [3.8, 4) is 5.75 Å². The van der Waals surface area contributed by atoms with Gasteiger partial charge >= 0.3 is 5.97 Å². The minimum atomic E-state index is -0.382. The monoisotopic (exact) mass is 453 g/mol. The molecule has 3 aromatic carbocycles. The predicted molar refractivity (Wildman–Crippen MR) is 142 cm³/mol. The standard InChI is InChI=1S/C31H35NO2/c1-20(26-19-28-27(18-21(26)2)30(3,4)15-16-31(28,5)6)17-22-7-9-23(10-8-22)29(33)34-25-13-11-24(32)12-14-25/h7-14,17-19H,15-16,32H2,1-6H3. The fraction of sp³-hybridized carbons (Fsp3) is 0.323. The molecule has 0 saturated carbocycles. The van der Waals surface area contributed by atoms with Gasteiger partial charge in [0.2, 0.25) is 0 Å². The molecule has 4 rings (SSSR count). The number of hydrogen-bond acceptors (Lipinski definition) is 3. The number of anilines is 1. The molecule has 0 unspecified atom stereocenters. The van der Waals surface area contributed by atoms with Gasteiger partial charge in [-0.15, -0.1) is 0 Å². The lowest BCUT2D eigenvalue weighted by Crippen LogP contribution is -2.34. The minimum absolute atomic E-state index is 0.181. The smallest absolute Gasteiger partial charge is 0.343 e. The van der Waals surface area contributed by atoms with Crippen molar-refractivity contribution < 1.29 is 9.53 Å². The fourth-order valence-corrected chi connectivity index (χ4v) is 4.89. The average molecular weight is 454 g/mol. The van der Waals surface area contributed by atoms with Gasteiger partial charge < -0.3 is 10.5 Å². The molecule has 0 saturated heterocycles. The van der Waals surface area contributed by atoms with Crippen LogP contribution in [0.3, 0.4) is 0 Å². The van der Waals surface area contributed by atoms with Crippen LogP contribution >= 0.6 is 0 Å². The molecule has 0 fully saturated rings. The number of aryl methyl sites for hydroxylation is 1. The number of allylic oxidation sites excluding steroid dienone is 1. The number of carbonyl (C=O) groups is 1. The van der Waals surface area contributed by atoms with Gasteiger partial charge in [-0.3, -0.25) is 0 Å².